The number of aromatic amines is 1. The van der Waals surface area contributed by atoms with Gasteiger partial charge in [-0.3, -0.25) is 0 Å². The van der Waals surface area contributed by atoms with Crippen LogP contribution in [0.5, 0.6) is 5.75 Å². The van der Waals surface area contributed by atoms with Gasteiger partial charge in [0.1, 0.15) is 12.4 Å². The molecule has 2 aromatic carbocycles. The van der Waals surface area contributed by atoms with Crippen molar-refractivity contribution in [2.75, 3.05) is 0 Å². The average molecular weight is 287 g/mol. The van der Waals surface area contributed by atoms with Gasteiger partial charge in [-0.05, 0) is 35.0 Å². The molecule has 0 amide bonds. The van der Waals surface area contributed by atoms with Crippen LogP contribution in [0.15, 0.2) is 48.5 Å². The Hall–Kier alpha value is -2.40. The van der Waals surface area contributed by atoms with Gasteiger partial charge < -0.3 is 4.74 Å². The minimum absolute atomic E-state index is 0.479. The highest BCUT2D eigenvalue weighted by Crippen LogP contribution is 2.21. The van der Waals surface area contributed by atoms with Gasteiger partial charge in [0.15, 0.2) is 0 Å². The molecule has 0 fully saturated rings. The molecule has 1 heterocycles. The van der Waals surface area contributed by atoms with Crippen molar-refractivity contribution in [3.63, 3.8) is 0 Å². The van der Waals surface area contributed by atoms with Gasteiger partial charge in [-0.25, -0.2) is 0 Å². The fraction of sp³-hybridized carbons (Fsp3) is 0.0714. The Bertz CT molecular complexity index is 683. The normalized spacial score (nSPS) is 10.4. The molecule has 0 radical (unpaired) electrons. The van der Waals surface area contributed by atoms with Crippen molar-refractivity contribution in [2.45, 2.75) is 6.61 Å². The maximum absolute atomic E-state index is 5.84. The van der Waals surface area contributed by atoms with Crippen LogP contribution >= 0.6 is 11.6 Å². The number of rotatable bonds is 4. The van der Waals surface area contributed by atoms with Gasteiger partial charge in [-0.1, -0.05) is 35.9 Å². The fourth-order valence-corrected chi connectivity index (χ4v) is 1.88. The maximum Gasteiger partial charge on any atom is 0.204 e. The van der Waals surface area contributed by atoms with E-state index >= 15 is 0 Å². The van der Waals surface area contributed by atoms with E-state index < -0.39 is 0 Å². The van der Waals surface area contributed by atoms with Crippen LogP contribution in [0.4, 0.5) is 0 Å². The Morgan fingerprint density at radius 1 is 1.10 bits per heavy atom. The zero-order valence-corrected chi connectivity index (χ0v) is 11.2. The molecule has 0 bridgehead atoms. The number of nitrogens with one attached hydrogen (secondary N) is 1. The van der Waals surface area contributed by atoms with E-state index in [9.17, 15) is 0 Å². The number of halogens is 1. The zero-order chi connectivity index (χ0) is 13.8. The summed E-state index contributed by atoms with van der Waals surface area (Å²) in [6.45, 7) is 0.479. The van der Waals surface area contributed by atoms with Crippen molar-refractivity contribution in [3.8, 4) is 17.1 Å². The van der Waals surface area contributed by atoms with Crippen LogP contribution < -0.4 is 4.74 Å². The summed E-state index contributed by atoms with van der Waals surface area (Å²) in [7, 11) is 0. The van der Waals surface area contributed by atoms with E-state index in [0.29, 0.717) is 17.5 Å². The first-order valence-electron chi connectivity index (χ1n) is 6.02. The Morgan fingerprint density at radius 2 is 1.95 bits per heavy atom. The van der Waals surface area contributed by atoms with Crippen LogP contribution in [0.3, 0.4) is 0 Å². The molecule has 3 rings (SSSR count). The first kappa shape index (κ1) is 12.6. The van der Waals surface area contributed by atoms with Crippen LogP contribution in [0.1, 0.15) is 5.56 Å². The van der Waals surface area contributed by atoms with Crippen LogP contribution in [-0.4, -0.2) is 20.6 Å². The minimum atomic E-state index is 0.479. The lowest BCUT2D eigenvalue weighted by atomic mass is 10.2. The smallest absolute Gasteiger partial charge is 0.204 e. The van der Waals surface area contributed by atoms with Crippen molar-refractivity contribution in [2.24, 2.45) is 0 Å². The highest BCUT2D eigenvalue weighted by atomic mass is 35.5. The molecule has 0 aliphatic rings. The van der Waals surface area contributed by atoms with Crippen LogP contribution in [-0.2, 0) is 6.61 Å². The minimum Gasteiger partial charge on any atom is -0.489 e. The molecule has 0 saturated carbocycles. The predicted octanol–water partition coefficient (Wildman–Crippen LogP) is 3.10. The number of aromatic nitrogens is 4. The van der Waals surface area contributed by atoms with Crippen molar-refractivity contribution in [1.29, 1.82) is 0 Å². The molecule has 0 atom stereocenters. The van der Waals surface area contributed by atoms with Crippen molar-refractivity contribution in [1.82, 2.24) is 20.6 Å². The molecule has 20 heavy (non-hydrogen) atoms. The molecule has 0 aliphatic carbocycles. The molecule has 100 valence electrons. The first-order chi connectivity index (χ1) is 9.81. The lowest BCUT2D eigenvalue weighted by molar-refractivity contribution is 0.306. The summed E-state index contributed by atoms with van der Waals surface area (Å²) < 4.78 is 5.74. The molecule has 5 nitrogen and oxygen atoms in total. The Balaban J connectivity index is 1.72. The van der Waals surface area contributed by atoms with Crippen LogP contribution in [0.2, 0.25) is 5.02 Å². The first-order valence-corrected chi connectivity index (χ1v) is 6.40. The SMILES string of the molecule is Clc1ccc(COc2cccc(-c3nn[nH]n3)c2)cc1. The second-order valence-corrected chi connectivity index (χ2v) is 4.61. The lowest BCUT2D eigenvalue weighted by Gasteiger charge is -2.07. The molecule has 0 spiro atoms. The maximum atomic E-state index is 5.84. The molecule has 1 N–H and O–H groups in total. The van der Waals surface area contributed by atoms with Gasteiger partial charge >= 0.3 is 0 Å². The molecule has 0 saturated heterocycles. The topological polar surface area (TPSA) is 63.7 Å². The van der Waals surface area contributed by atoms with Gasteiger partial charge in [0, 0.05) is 10.6 Å². The highest BCUT2D eigenvalue weighted by molar-refractivity contribution is 6.30. The standard InChI is InChI=1S/C14H11ClN4O/c15-12-6-4-10(5-7-12)9-20-13-3-1-2-11(8-13)14-16-18-19-17-14/h1-8H,9H2,(H,16,17,18,19). The Morgan fingerprint density at radius 3 is 2.70 bits per heavy atom. The summed E-state index contributed by atoms with van der Waals surface area (Å²) in [6, 6.07) is 15.1. The van der Waals surface area contributed by atoms with Crippen molar-refractivity contribution < 1.29 is 4.74 Å². The van der Waals surface area contributed by atoms with Crippen LogP contribution in [0, 0.1) is 0 Å². The van der Waals surface area contributed by atoms with Gasteiger partial charge in [0.05, 0.1) is 0 Å². The number of hydrogen-bond acceptors (Lipinski definition) is 4. The van der Waals surface area contributed by atoms with E-state index in [1.165, 1.54) is 0 Å². The van der Waals surface area contributed by atoms with Gasteiger partial charge in [0.25, 0.3) is 0 Å². The highest BCUT2D eigenvalue weighted by Gasteiger charge is 2.04. The fourth-order valence-electron chi connectivity index (χ4n) is 1.76. The third-order valence-corrected chi connectivity index (χ3v) is 3.01. The molecular weight excluding hydrogens is 276 g/mol. The van der Waals surface area contributed by atoms with E-state index in [0.717, 1.165) is 16.9 Å². The number of H-pyrrole nitrogens is 1. The van der Waals surface area contributed by atoms with Crippen molar-refractivity contribution in [3.05, 3.63) is 59.1 Å². The molecular formula is C14H11ClN4O. The molecule has 3 aromatic rings. The summed E-state index contributed by atoms with van der Waals surface area (Å²) in [5.74, 6) is 1.30. The summed E-state index contributed by atoms with van der Waals surface area (Å²) in [4.78, 5) is 0. The van der Waals surface area contributed by atoms with Gasteiger partial charge in [-0.15, -0.1) is 10.2 Å². The monoisotopic (exact) mass is 286 g/mol. The number of ether oxygens (including phenoxy) is 1. The Kier molecular flexibility index (Phi) is 3.60. The van der Waals surface area contributed by atoms with Gasteiger partial charge in [0.2, 0.25) is 5.82 Å². The van der Waals surface area contributed by atoms with E-state index in [2.05, 4.69) is 20.6 Å². The number of tetrazole rings is 1. The summed E-state index contributed by atoms with van der Waals surface area (Å²) in [5, 5.41) is 14.6. The molecule has 0 aliphatic heterocycles. The largest absolute Gasteiger partial charge is 0.489 e. The Labute approximate surface area is 120 Å². The second-order valence-electron chi connectivity index (χ2n) is 4.18. The average Bonchev–Trinajstić information content (AvgIpc) is 3.01. The lowest BCUT2D eigenvalue weighted by Crippen LogP contribution is -1.95. The van der Waals surface area contributed by atoms with E-state index in [4.69, 9.17) is 16.3 Å². The van der Waals surface area contributed by atoms with Gasteiger partial charge in [-0.2, -0.15) is 5.21 Å². The molecule has 1 aromatic heterocycles. The van der Waals surface area contributed by atoms with Crippen LogP contribution in [0.25, 0.3) is 11.4 Å². The second kappa shape index (κ2) is 5.71. The summed E-state index contributed by atoms with van der Waals surface area (Å²) in [5.41, 5.74) is 1.91. The summed E-state index contributed by atoms with van der Waals surface area (Å²) >= 11 is 5.84. The zero-order valence-electron chi connectivity index (χ0n) is 10.5. The third-order valence-electron chi connectivity index (χ3n) is 2.76. The van der Waals surface area contributed by atoms with E-state index in [1.54, 1.807) is 0 Å². The number of nitrogens with zero attached hydrogens (tertiary/aromatic N) is 3. The summed E-state index contributed by atoms with van der Waals surface area (Å²) in [6.07, 6.45) is 0. The molecule has 0 unspecified atom stereocenters. The quantitative estimate of drug-likeness (QED) is 0.800. The molecule has 6 heteroatoms. The predicted molar refractivity (Wildman–Crippen MR) is 75.4 cm³/mol. The number of benzene rings is 2. The third kappa shape index (κ3) is 2.95. The van der Waals surface area contributed by atoms with Crippen molar-refractivity contribution >= 4 is 11.6 Å². The van der Waals surface area contributed by atoms with E-state index in [-0.39, 0.29) is 0 Å². The van der Waals surface area contributed by atoms with E-state index in [1.807, 2.05) is 48.5 Å². The number of hydrogen-bond donors (Lipinski definition) is 1.